The van der Waals surface area contributed by atoms with Crippen molar-refractivity contribution in [3.05, 3.63) is 34.9 Å². The SMILES string of the molecule is CCNC(COC1COC1)c1ccc(C)cc1C. The highest BCUT2D eigenvalue weighted by Gasteiger charge is 2.21. The van der Waals surface area contributed by atoms with E-state index in [9.17, 15) is 0 Å². The predicted octanol–water partition coefficient (Wildman–Crippen LogP) is 2.37. The van der Waals surface area contributed by atoms with Crippen molar-refractivity contribution in [3.63, 3.8) is 0 Å². The molecule has 1 heterocycles. The molecule has 1 aromatic carbocycles. The number of hydrogen-bond donors (Lipinski definition) is 1. The molecule has 0 spiro atoms. The highest BCUT2D eigenvalue weighted by Crippen LogP contribution is 2.20. The van der Waals surface area contributed by atoms with Crippen LogP contribution in [0.4, 0.5) is 0 Å². The molecule has 1 saturated heterocycles. The molecular formula is C15H23NO2. The summed E-state index contributed by atoms with van der Waals surface area (Å²) in [5.74, 6) is 0. The molecule has 1 aromatic rings. The number of nitrogens with one attached hydrogen (secondary N) is 1. The van der Waals surface area contributed by atoms with E-state index < -0.39 is 0 Å². The molecule has 1 aliphatic rings. The average molecular weight is 249 g/mol. The van der Waals surface area contributed by atoms with Gasteiger partial charge in [-0.25, -0.2) is 0 Å². The van der Waals surface area contributed by atoms with Crippen LogP contribution in [0.3, 0.4) is 0 Å². The Morgan fingerprint density at radius 1 is 1.39 bits per heavy atom. The van der Waals surface area contributed by atoms with Gasteiger partial charge in [-0.1, -0.05) is 30.7 Å². The van der Waals surface area contributed by atoms with Crippen LogP contribution in [0.15, 0.2) is 18.2 Å². The van der Waals surface area contributed by atoms with Gasteiger partial charge in [0.25, 0.3) is 0 Å². The third kappa shape index (κ3) is 3.31. The van der Waals surface area contributed by atoms with Crippen LogP contribution in [0.25, 0.3) is 0 Å². The number of rotatable bonds is 6. The van der Waals surface area contributed by atoms with Crippen LogP contribution < -0.4 is 5.32 Å². The second kappa shape index (κ2) is 6.32. The topological polar surface area (TPSA) is 30.5 Å². The van der Waals surface area contributed by atoms with Crippen molar-refractivity contribution >= 4 is 0 Å². The Kier molecular flexibility index (Phi) is 4.75. The fraction of sp³-hybridized carbons (Fsp3) is 0.600. The molecular weight excluding hydrogens is 226 g/mol. The summed E-state index contributed by atoms with van der Waals surface area (Å²) in [6.45, 7) is 9.56. The molecule has 1 unspecified atom stereocenters. The third-order valence-electron chi connectivity index (χ3n) is 3.36. The lowest BCUT2D eigenvalue weighted by Gasteiger charge is -2.29. The molecule has 1 N–H and O–H groups in total. The lowest BCUT2D eigenvalue weighted by molar-refractivity contribution is -0.133. The van der Waals surface area contributed by atoms with Gasteiger partial charge in [-0.05, 0) is 31.5 Å². The predicted molar refractivity (Wildman–Crippen MR) is 72.9 cm³/mol. The third-order valence-corrected chi connectivity index (χ3v) is 3.36. The fourth-order valence-corrected chi connectivity index (χ4v) is 2.26. The van der Waals surface area contributed by atoms with E-state index >= 15 is 0 Å². The van der Waals surface area contributed by atoms with Crippen LogP contribution >= 0.6 is 0 Å². The van der Waals surface area contributed by atoms with E-state index in [0.717, 1.165) is 19.8 Å². The van der Waals surface area contributed by atoms with Crippen LogP contribution in [0.5, 0.6) is 0 Å². The summed E-state index contributed by atoms with van der Waals surface area (Å²) in [4.78, 5) is 0. The number of hydrogen-bond acceptors (Lipinski definition) is 3. The second-order valence-corrected chi connectivity index (χ2v) is 4.96. The van der Waals surface area contributed by atoms with Gasteiger partial charge in [0.15, 0.2) is 0 Å². The maximum Gasteiger partial charge on any atom is 0.104 e. The Bertz CT molecular complexity index is 388. The van der Waals surface area contributed by atoms with Gasteiger partial charge in [-0.2, -0.15) is 0 Å². The standard InChI is InChI=1S/C15H23NO2/c1-4-16-15(10-18-13-8-17-9-13)14-6-5-11(2)7-12(14)3/h5-7,13,15-16H,4,8-10H2,1-3H3. The van der Waals surface area contributed by atoms with E-state index in [4.69, 9.17) is 9.47 Å². The van der Waals surface area contributed by atoms with E-state index in [1.54, 1.807) is 0 Å². The Labute approximate surface area is 109 Å². The number of ether oxygens (including phenoxy) is 2. The molecule has 2 rings (SSSR count). The zero-order chi connectivity index (χ0) is 13.0. The Balaban J connectivity index is 2.02. The van der Waals surface area contributed by atoms with Gasteiger partial charge in [-0.15, -0.1) is 0 Å². The van der Waals surface area contributed by atoms with Crippen molar-refractivity contribution in [1.82, 2.24) is 5.32 Å². The van der Waals surface area contributed by atoms with E-state index in [0.29, 0.717) is 6.61 Å². The second-order valence-electron chi connectivity index (χ2n) is 4.96. The molecule has 0 bridgehead atoms. The van der Waals surface area contributed by atoms with Crippen molar-refractivity contribution in [1.29, 1.82) is 0 Å². The molecule has 1 fully saturated rings. The molecule has 0 amide bonds. The van der Waals surface area contributed by atoms with Gasteiger partial charge in [0.1, 0.15) is 6.10 Å². The molecule has 1 atom stereocenters. The van der Waals surface area contributed by atoms with Gasteiger partial charge in [0, 0.05) is 0 Å². The molecule has 0 aliphatic carbocycles. The Morgan fingerprint density at radius 2 is 2.17 bits per heavy atom. The van der Waals surface area contributed by atoms with Crippen molar-refractivity contribution in [2.45, 2.75) is 32.9 Å². The van der Waals surface area contributed by atoms with Crippen molar-refractivity contribution < 1.29 is 9.47 Å². The van der Waals surface area contributed by atoms with Crippen LogP contribution in [0, 0.1) is 13.8 Å². The molecule has 3 heteroatoms. The van der Waals surface area contributed by atoms with Crippen molar-refractivity contribution in [2.24, 2.45) is 0 Å². The first-order valence-electron chi connectivity index (χ1n) is 6.70. The summed E-state index contributed by atoms with van der Waals surface area (Å²) < 4.78 is 11.0. The molecule has 3 nitrogen and oxygen atoms in total. The summed E-state index contributed by atoms with van der Waals surface area (Å²) in [6, 6.07) is 6.88. The highest BCUT2D eigenvalue weighted by molar-refractivity contribution is 5.32. The fourth-order valence-electron chi connectivity index (χ4n) is 2.26. The number of likely N-dealkylation sites (N-methyl/N-ethyl adjacent to an activating group) is 1. The molecule has 0 aromatic heterocycles. The maximum absolute atomic E-state index is 5.84. The first-order chi connectivity index (χ1) is 8.70. The highest BCUT2D eigenvalue weighted by atomic mass is 16.6. The normalized spacial score (nSPS) is 17.5. The van der Waals surface area contributed by atoms with E-state index in [2.05, 4.69) is 44.3 Å². The van der Waals surface area contributed by atoms with Gasteiger partial charge < -0.3 is 14.8 Å². The van der Waals surface area contributed by atoms with Crippen LogP contribution in [-0.2, 0) is 9.47 Å². The van der Waals surface area contributed by atoms with Gasteiger partial charge in [0.05, 0.1) is 25.9 Å². The quantitative estimate of drug-likeness (QED) is 0.839. The van der Waals surface area contributed by atoms with Crippen LogP contribution in [0.2, 0.25) is 0 Å². The minimum atomic E-state index is 0.274. The zero-order valence-corrected chi connectivity index (χ0v) is 11.5. The maximum atomic E-state index is 5.84. The molecule has 100 valence electrons. The van der Waals surface area contributed by atoms with E-state index in [-0.39, 0.29) is 12.1 Å². The van der Waals surface area contributed by atoms with Crippen molar-refractivity contribution in [2.75, 3.05) is 26.4 Å². The summed E-state index contributed by atoms with van der Waals surface area (Å²) in [6.07, 6.45) is 0.289. The lowest BCUT2D eigenvalue weighted by atomic mass is 9.99. The monoisotopic (exact) mass is 249 g/mol. The molecule has 0 radical (unpaired) electrons. The van der Waals surface area contributed by atoms with Gasteiger partial charge in [0.2, 0.25) is 0 Å². The number of aryl methyl sites for hydroxylation is 2. The number of benzene rings is 1. The van der Waals surface area contributed by atoms with Crippen LogP contribution in [0.1, 0.15) is 29.7 Å². The van der Waals surface area contributed by atoms with Gasteiger partial charge >= 0.3 is 0 Å². The summed E-state index contributed by atoms with van der Waals surface area (Å²) in [5.41, 5.74) is 3.97. The smallest absolute Gasteiger partial charge is 0.104 e. The minimum absolute atomic E-state index is 0.274. The summed E-state index contributed by atoms with van der Waals surface area (Å²) in [5, 5.41) is 3.50. The van der Waals surface area contributed by atoms with E-state index in [1.807, 2.05) is 0 Å². The average Bonchev–Trinajstić information content (AvgIpc) is 2.26. The Morgan fingerprint density at radius 3 is 2.72 bits per heavy atom. The largest absolute Gasteiger partial charge is 0.376 e. The molecule has 0 saturated carbocycles. The summed E-state index contributed by atoms with van der Waals surface area (Å²) in [7, 11) is 0. The first-order valence-corrected chi connectivity index (χ1v) is 6.70. The van der Waals surface area contributed by atoms with Crippen molar-refractivity contribution in [3.8, 4) is 0 Å². The van der Waals surface area contributed by atoms with E-state index in [1.165, 1.54) is 16.7 Å². The summed E-state index contributed by atoms with van der Waals surface area (Å²) >= 11 is 0. The Hall–Kier alpha value is -0.900. The first kappa shape index (κ1) is 13.5. The van der Waals surface area contributed by atoms with Crippen LogP contribution in [-0.4, -0.2) is 32.5 Å². The molecule has 1 aliphatic heterocycles. The lowest BCUT2D eigenvalue weighted by Crippen LogP contribution is -2.38. The molecule has 18 heavy (non-hydrogen) atoms. The zero-order valence-electron chi connectivity index (χ0n) is 11.5. The minimum Gasteiger partial charge on any atom is -0.376 e. The van der Waals surface area contributed by atoms with Gasteiger partial charge in [-0.3, -0.25) is 0 Å².